The zero-order valence-electron chi connectivity index (χ0n) is 18.9. The quantitative estimate of drug-likeness (QED) is 0.264. The first-order valence-electron chi connectivity index (χ1n) is 11.5. The lowest BCUT2D eigenvalue weighted by atomic mass is 9.87. The highest BCUT2D eigenvalue weighted by molar-refractivity contribution is 7.20. The fourth-order valence-electron chi connectivity index (χ4n) is 4.18. The summed E-state index contributed by atoms with van der Waals surface area (Å²) in [4.78, 5) is 36.5. The molecule has 1 saturated carbocycles. The van der Waals surface area contributed by atoms with Crippen molar-refractivity contribution in [2.75, 3.05) is 6.54 Å². The Bertz CT molecular complexity index is 1250. The van der Waals surface area contributed by atoms with E-state index in [1.165, 1.54) is 29.5 Å². The molecule has 1 heterocycles. The van der Waals surface area contributed by atoms with Crippen LogP contribution in [0.15, 0.2) is 42.5 Å². The van der Waals surface area contributed by atoms with Gasteiger partial charge in [0.05, 0.1) is 16.9 Å². The van der Waals surface area contributed by atoms with Crippen molar-refractivity contribution >= 4 is 50.7 Å². The molecule has 35 heavy (non-hydrogen) atoms. The Hall–Kier alpha value is -2.97. The van der Waals surface area contributed by atoms with E-state index in [1.54, 1.807) is 12.1 Å². The van der Waals surface area contributed by atoms with Crippen LogP contribution in [0, 0.1) is 11.7 Å². The third kappa shape index (κ3) is 6.38. The van der Waals surface area contributed by atoms with Gasteiger partial charge in [-0.3, -0.25) is 14.4 Å². The molecule has 1 aromatic heterocycles. The van der Waals surface area contributed by atoms with Crippen LogP contribution in [0.2, 0.25) is 5.02 Å². The molecule has 0 spiro atoms. The molecular formula is C26H25ClFNO5S. The highest BCUT2D eigenvalue weighted by Gasteiger charge is 2.27. The van der Waals surface area contributed by atoms with E-state index in [1.807, 2.05) is 12.1 Å². The lowest BCUT2D eigenvalue weighted by Crippen LogP contribution is -2.28. The Morgan fingerprint density at radius 2 is 1.86 bits per heavy atom. The second-order valence-electron chi connectivity index (χ2n) is 8.65. The lowest BCUT2D eigenvalue weighted by Gasteiger charge is -2.27. The van der Waals surface area contributed by atoms with Crippen molar-refractivity contribution in [2.24, 2.45) is 5.92 Å². The van der Waals surface area contributed by atoms with Crippen molar-refractivity contribution in [1.29, 1.82) is 0 Å². The number of nitrogens with one attached hydrogen (secondary N) is 1. The SMILES string of the molecule is O=C(CCCNC(=O)c1cc2ccc(Cl)cc2s1)c1ccc(OC2CCC(C(=O)O)CC2)c(F)c1. The second kappa shape index (κ2) is 11.2. The number of benzene rings is 2. The number of rotatable bonds is 9. The monoisotopic (exact) mass is 517 g/mol. The topological polar surface area (TPSA) is 92.7 Å². The summed E-state index contributed by atoms with van der Waals surface area (Å²) in [6, 6.07) is 11.4. The summed E-state index contributed by atoms with van der Waals surface area (Å²) in [5, 5.41) is 13.5. The molecule has 2 N–H and O–H groups in total. The number of ether oxygens (including phenoxy) is 1. The van der Waals surface area contributed by atoms with Crippen molar-refractivity contribution in [1.82, 2.24) is 5.32 Å². The van der Waals surface area contributed by atoms with E-state index in [2.05, 4.69) is 5.32 Å². The number of amides is 1. The van der Waals surface area contributed by atoms with Gasteiger partial charge in [-0.05, 0) is 73.9 Å². The molecule has 0 atom stereocenters. The summed E-state index contributed by atoms with van der Waals surface area (Å²) in [7, 11) is 0. The molecule has 1 amide bonds. The van der Waals surface area contributed by atoms with E-state index in [9.17, 15) is 18.8 Å². The van der Waals surface area contributed by atoms with Gasteiger partial charge < -0.3 is 15.2 Å². The Balaban J connectivity index is 1.23. The van der Waals surface area contributed by atoms with Gasteiger partial charge in [0.2, 0.25) is 0 Å². The van der Waals surface area contributed by atoms with Gasteiger partial charge in [0.1, 0.15) is 0 Å². The fourth-order valence-corrected chi connectivity index (χ4v) is 5.43. The van der Waals surface area contributed by atoms with E-state index in [0.29, 0.717) is 48.5 Å². The van der Waals surface area contributed by atoms with Crippen LogP contribution in [-0.4, -0.2) is 35.4 Å². The molecule has 1 aliphatic rings. The number of thiophene rings is 1. The number of carbonyl (C=O) groups excluding carboxylic acids is 2. The standard InChI is InChI=1S/C26H25ClFNO5S/c27-18-7-3-17-13-24(35-23(17)14-18)25(31)29-11-1-2-21(30)16-6-10-22(20(28)12-16)34-19-8-4-15(5-9-19)26(32)33/h3,6-7,10,12-15,19H,1-2,4-5,8-9,11H2,(H,29,31)(H,32,33). The smallest absolute Gasteiger partial charge is 0.306 e. The number of carboxylic acids is 1. The maximum Gasteiger partial charge on any atom is 0.306 e. The van der Waals surface area contributed by atoms with Gasteiger partial charge in [0.25, 0.3) is 5.91 Å². The first-order chi connectivity index (χ1) is 16.8. The molecule has 0 saturated heterocycles. The zero-order chi connectivity index (χ0) is 24.9. The van der Waals surface area contributed by atoms with Crippen LogP contribution >= 0.6 is 22.9 Å². The molecule has 3 aromatic rings. The van der Waals surface area contributed by atoms with Crippen LogP contribution < -0.4 is 10.1 Å². The number of hydrogen-bond donors (Lipinski definition) is 2. The highest BCUT2D eigenvalue weighted by Crippen LogP contribution is 2.30. The minimum atomic E-state index is -0.803. The van der Waals surface area contributed by atoms with Gasteiger partial charge >= 0.3 is 5.97 Å². The van der Waals surface area contributed by atoms with Crippen LogP contribution in [0.3, 0.4) is 0 Å². The van der Waals surface area contributed by atoms with Gasteiger partial charge in [0.15, 0.2) is 17.3 Å². The number of ketones is 1. The first-order valence-corrected chi connectivity index (χ1v) is 12.7. The molecule has 0 aliphatic heterocycles. The third-order valence-electron chi connectivity index (χ3n) is 6.14. The maximum atomic E-state index is 14.5. The molecular weight excluding hydrogens is 493 g/mol. The summed E-state index contributed by atoms with van der Waals surface area (Å²) in [5.41, 5.74) is 0.247. The van der Waals surface area contributed by atoms with E-state index >= 15 is 0 Å². The summed E-state index contributed by atoms with van der Waals surface area (Å²) >= 11 is 7.35. The van der Waals surface area contributed by atoms with Crippen molar-refractivity contribution < 1.29 is 28.6 Å². The average Bonchev–Trinajstić information content (AvgIpc) is 3.26. The predicted molar refractivity (Wildman–Crippen MR) is 133 cm³/mol. The number of carbonyl (C=O) groups is 3. The first kappa shape index (κ1) is 25.1. The van der Waals surface area contributed by atoms with Gasteiger partial charge in [-0.2, -0.15) is 0 Å². The minimum Gasteiger partial charge on any atom is -0.487 e. The number of halogens is 2. The maximum absolute atomic E-state index is 14.5. The number of carboxylic acid groups (broad SMARTS) is 1. The Labute approximate surface area is 211 Å². The molecule has 184 valence electrons. The van der Waals surface area contributed by atoms with E-state index < -0.39 is 11.8 Å². The molecule has 1 aliphatic carbocycles. The Kier molecular flexibility index (Phi) is 8.03. The predicted octanol–water partition coefficient (Wildman–Crippen LogP) is 6.11. The van der Waals surface area contributed by atoms with Gasteiger partial charge in [-0.25, -0.2) is 4.39 Å². The van der Waals surface area contributed by atoms with E-state index in [-0.39, 0.29) is 41.4 Å². The zero-order valence-corrected chi connectivity index (χ0v) is 20.5. The van der Waals surface area contributed by atoms with Gasteiger partial charge in [-0.15, -0.1) is 11.3 Å². The van der Waals surface area contributed by atoms with Crippen LogP contribution in [0.25, 0.3) is 10.1 Å². The number of Topliss-reactive ketones (excluding diaryl/α,β-unsaturated/α-hetero) is 1. The van der Waals surface area contributed by atoms with Gasteiger partial charge in [0, 0.05) is 28.3 Å². The molecule has 2 aromatic carbocycles. The summed E-state index contributed by atoms with van der Waals surface area (Å²) in [6.45, 7) is 0.322. The summed E-state index contributed by atoms with van der Waals surface area (Å²) in [5.74, 6) is -2.15. The molecule has 6 nitrogen and oxygen atoms in total. The summed E-state index contributed by atoms with van der Waals surface area (Å²) < 4.78 is 21.2. The summed E-state index contributed by atoms with van der Waals surface area (Å²) in [6.07, 6.45) is 2.48. The normalized spacial score (nSPS) is 17.8. The van der Waals surface area contributed by atoms with Crippen molar-refractivity contribution in [3.05, 3.63) is 63.7 Å². The Morgan fingerprint density at radius 1 is 1.09 bits per heavy atom. The average molecular weight is 518 g/mol. The van der Waals surface area contributed by atoms with Crippen LogP contribution in [-0.2, 0) is 4.79 Å². The Morgan fingerprint density at radius 3 is 2.57 bits per heavy atom. The molecule has 0 radical (unpaired) electrons. The van der Waals surface area contributed by atoms with Crippen molar-refractivity contribution in [3.8, 4) is 5.75 Å². The number of hydrogen-bond acceptors (Lipinski definition) is 5. The van der Waals surface area contributed by atoms with Crippen molar-refractivity contribution in [2.45, 2.75) is 44.6 Å². The van der Waals surface area contributed by atoms with Crippen LogP contribution in [0.4, 0.5) is 4.39 Å². The van der Waals surface area contributed by atoms with E-state index in [0.717, 1.165) is 10.1 Å². The molecule has 0 bridgehead atoms. The van der Waals surface area contributed by atoms with Crippen molar-refractivity contribution in [3.63, 3.8) is 0 Å². The molecule has 1 fully saturated rings. The third-order valence-corrected chi connectivity index (χ3v) is 7.47. The van der Waals surface area contributed by atoms with Crippen LogP contribution in [0.1, 0.15) is 58.6 Å². The second-order valence-corrected chi connectivity index (χ2v) is 10.2. The van der Waals surface area contributed by atoms with Crippen LogP contribution in [0.5, 0.6) is 5.75 Å². The highest BCUT2D eigenvalue weighted by atomic mass is 35.5. The van der Waals surface area contributed by atoms with Gasteiger partial charge in [-0.1, -0.05) is 17.7 Å². The fraction of sp³-hybridized carbons (Fsp3) is 0.346. The minimum absolute atomic E-state index is 0.0669. The largest absolute Gasteiger partial charge is 0.487 e. The number of aliphatic carboxylic acids is 1. The molecule has 9 heteroatoms. The lowest BCUT2D eigenvalue weighted by molar-refractivity contribution is -0.143. The molecule has 4 rings (SSSR count). The molecule has 0 unspecified atom stereocenters. The van der Waals surface area contributed by atoms with E-state index in [4.69, 9.17) is 21.4 Å². The number of fused-ring (bicyclic) bond motifs is 1.